The van der Waals surface area contributed by atoms with Crippen molar-refractivity contribution in [3.05, 3.63) is 59.1 Å². The molecule has 1 atom stereocenters. The van der Waals surface area contributed by atoms with Gasteiger partial charge in [-0.1, -0.05) is 30.8 Å². The van der Waals surface area contributed by atoms with Crippen molar-refractivity contribution in [3.63, 3.8) is 0 Å². The first-order valence-electron chi connectivity index (χ1n) is 11.5. The third-order valence-electron chi connectivity index (χ3n) is 7.47. The summed E-state index contributed by atoms with van der Waals surface area (Å²) in [6, 6.07) is 9.14. The van der Waals surface area contributed by atoms with E-state index >= 15 is 0 Å². The lowest BCUT2D eigenvalue weighted by Gasteiger charge is -2.49. The number of nitrogens with zero attached hydrogens (tertiary/aromatic N) is 5. The molecule has 1 aromatic carbocycles. The van der Waals surface area contributed by atoms with Gasteiger partial charge >= 0.3 is 6.01 Å². The Labute approximate surface area is 193 Å². The number of benzene rings is 1. The third kappa shape index (κ3) is 3.66. The van der Waals surface area contributed by atoms with Crippen molar-refractivity contribution in [1.82, 2.24) is 19.8 Å². The highest BCUT2D eigenvalue weighted by Crippen LogP contribution is 2.46. The topological polar surface area (TPSA) is 61.8 Å². The van der Waals surface area contributed by atoms with Crippen LogP contribution in [0.3, 0.4) is 0 Å². The Morgan fingerprint density at radius 3 is 2.67 bits per heavy atom. The van der Waals surface area contributed by atoms with Gasteiger partial charge in [0.15, 0.2) is 5.83 Å². The van der Waals surface area contributed by atoms with E-state index in [1.165, 1.54) is 16.0 Å². The molecule has 1 aliphatic carbocycles. The number of fused-ring (bicyclic) bond motifs is 3. The van der Waals surface area contributed by atoms with Crippen LogP contribution in [0, 0.1) is 0 Å². The SMILES string of the molecule is C=C(F)C(=O)N1CCN(c2nc(OC)nc3c2CN(C)C2(CCCc4ccccc42)C3)CC1. The molecule has 1 aromatic heterocycles. The van der Waals surface area contributed by atoms with Gasteiger partial charge in [0.25, 0.3) is 5.91 Å². The number of halogens is 1. The summed E-state index contributed by atoms with van der Waals surface area (Å²) < 4.78 is 18.8. The number of rotatable bonds is 3. The van der Waals surface area contributed by atoms with Gasteiger partial charge < -0.3 is 14.5 Å². The number of likely N-dealkylation sites (N-methyl/N-ethyl adjacent to an activating group) is 1. The lowest BCUT2D eigenvalue weighted by molar-refractivity contribution is -0.128. The second kappa shape index (κ2) is 8.41. The van der Waals surface area contributed by atoms with Crippen LogP contribution in [-0.2, 0) is 29.7 Å². The van der Waals surface area contributed by atoms with E-state index in [-0.39, 0.29) is 5.54 Å². The molecule has 2 aromatic rings. The Morgan fingerprint density at radius 1 is 1.18 bits per heavy atom. The maximum Gasteiger partial charge on any atom is 0.318 e. The van der Waals surface area contributed by atoms with Gasteiger partial charge in [0.1, 0.15) is 5.82 Å². The van der Waals surface area contributed by atoms with Crippen molar-refractivity contribution >= 4 is 11.7 Å². The van der Waals surface area contributed by atoms with Gasteiger partial charge in [0.05, 0.1) is 18.3 Å². The summed E-state index contributed by atoms with van der Waals surface area (Å²) in [5, 5.41) is 0. The van der Waals surface area contributed by atoms with E-state index in [9.17, 15) is 9.18 Å². The molecule has 2 aliphatic heterocycles. The Balaban J connectivity index is 1.49. The predicted molar refractivity (Wildman–Crippen MR) is 124 cm³/mol. The summed E-state index contributed by atoms with van der Waals surface area (Å²) >= 11 is 0. The fourth-order valence-electron chi connectivity index (χ4n) is 5.73. The summed E-state index contributed by atoms with van der Waals surface area (Å²) in [5.41, 5.74) is 4.90. The highest BCUT2D eigenvalue weighted by atomic mass is 19.1. The molecule has 1 amide bonds. The quantitative estimate of drug-likeness (QED) is 0.669. The smallest absolute Gasteiger partial charge is 0.318 e. The minimum atomic E-state index is -0.913. The molecule has 1 unspecified atom stereocenters. The van der Waals surface area contributed by atoms with Crippen LogP contribution in [0.5, 0.6) is 6.01 Å². The van der Waals surface area contributed by atoms with Crippen LogP contribution in [0.25, 0.3) is 0 Å². The summed E-state index contributed by atoms with van der Waals surface area (Å²) in [5.74, 6) is -0.687. The van der Waals surface area contributed by atoms with Gasteiger partial charge in [-0.3, -0.25) is 9.69 Å². The molecule has 33 heavy (non-hydrogen) atoms. The fourth-order valence-corrected chi connectivity index (χ4v) is 5.73. The van der Waals surface area contributed by atoms with Crippen molar-refractivity contribution in [2.45, 2.75) is 37.8 Å². The van der Waals surface area contributed by atoms with Gasteiger partial charge in [0.2, 0.25) is 0 Å². The van der Waals surface area contributed by atoms with Gasteiger partial charge in [-0.2, -0.15) is 9.97 Å². The van der Waals surface area contributed by atoms with Crippen molar-refractivity contribution in [2.24, 2.45) is 0 Å². The predicted octanol–water partition coefficient (Wildman–Crippen LogP) is 2.84. The van der Waals surface area contributed by atoms with Crippen LogP contribution in [0.15, 0.2) is 36.7 Å². The molecule has 5 rings (SSSR count). The molecule has 8 heteroatoms. The number of hydrogen-bond acceptors (Lipinski definition) is 6. The second-order valence-electron chi connectivity index (χ2n) is 9.22. The Hall–Kier alpha value is -3.00. The zero-order valence-corrected chi connectivity index (χ0v) is 19.3. The number of piperazine rings is 1. The molecule has 0 radical (unpaired) electrons. The maximum absolute atomic E-state index is 13.3. The van der Waals surface area contributed by atoms with Crippen LogP contribution in [0.1, 0.15) is 35.2 Å². The van der Waals surface area contributed by atoms with E-state index in [1.807, 2.05) is 0 Å². The Morgan fingerprint density at radius 2 is 1.94 bits per heavy atom. The molecular formula is C25H30FN5O2. The van der Waals surface area contributed by atoms with Crippen molar-refractivity contribution in [1.29, 1.82) is 0 Å². The van der Waals surface area contributed by atoms with Gasteiger partial charge in [0, 0.05) is 44.7 Å². The van der Waals surface area contributed by atoms with E-state index < -0.39 is 11.7 Å². The Bertz CT molecular complexity index is 1100. The molecule has 1 fully saturated rings. The summed E-state index contributed by atoms with van der Waals surface area (Å²) in [6.07, 6.45) is 4.17. The molecule has 0 N–H and O–H groups in total. The third-order valence-corrected chi connectivity index (χ3v) is 7.47. The largest absolute Gasteiger partial charge is 0.467 e. The monoisotopic (exact) mass is 451 g/mol. The Kier molecular flexibility index (Phi) is 5.56. The molecule has 3 heterocycles. The minimum Gasteiger partial charge on any atom is -0.467 e. The van der Waals surface area contributed by atoms with E-state index in [0.717, 1.165) is 49.3 Å². The number of aromatic nitrogens is 2. The van der Waals surface area contributed by atoms with E-state index in [1.54, 1.807) is 7.11 Å². The number of ether oxygens (including phenoxy) is 1. The summed E-state index contributed by atoms with van der Waals surface area (Å²) in [4.78, 5) is 27.6. The zero-order valence-electron chi connectivity index (χ0n) is 19.3. The van der Waals surface area contributed by atoms with Gasteiger partial charge in [-0.25, -0.2) is 4.39 Å². The number of carbonyl (C=O) groups excluding carboxylic acids is 1. The van der Waals surface area contributed by atoms with Crippen molar-refractivity contribution in [3.8, 4) is 6.01 Å². The highest BCUT2D eigenvalue weighted by molar-refractivity contribution is 5.90. The molecule has 0 bridgehead atoms. The lowest BCUT2D eigenvalue weighted by atomic mass is 9.71. The molecule has 7 nitrogen and oxygen atoms in total. The van der Waals surface area contributed by atoms with Crippen molar-refractivity contribution in [2.75, 3.05) is 45.2 Å². The van der Waals surface area contributed by atoms with Crippen LogP contribution >= 0.6 is 0 Å². The number of hydrogen-bond donors (Lipinski definition) is 0. The van der Waals surface area contributed by atoms with Crippen LogP contribution < -0.4 is 9.64 Å². The molecular weight excluding hydrogens is 421 g/mol. The minimum absolute atomic E-state index is 0.0783. The van der Waals surface area contributed by atoms with Crippen molar-refractivity contribution < 1.29 is 13.9 Å². The molecule has 0 saturated carbocycles. The number of amides is 1. The summed E-state index contributed by atoms with van der Waals surface area (Å²) in [7, 11) is 3.79. The van der Waals surface area contributed by atoms with Crippen LogP contribution in [0.4, 0.5) is 10.2 Å². The molecule has 174 valence electrons. The first-order chi connectivity index (χ1) is 15.9. The van der Waals surface area contributed by atoms with E-state index in [2.05, 4.69) is 47.7 Å². The number of aryl methyl sites for hydroxylation is 1. The second-order valence-corrected chi connectivity index (χ2v) is 9.22. The first kappa shape index (κ1) is 21.8. The summed E-state index contributed by atoms with van der Waals surface area (Å²) in [6.45, 7) is 5.88. The standard InChI is InChI=1S/C25H30FN5O2/c1-17(26)23(32)31-13-11-30(12-14-31)22-19-16-29(2)25(15-21(19)27-24(28-22)33-3)10-6-8-18-7-4-5-9-20(18)25/h4-5,7,9H,1,6,8,10-16H2,2-3H3. The average Bonchev–Trinajstić information content (AvgIpc) is 2.84. The number of anilines is 1. The first-order valence-corrected chi connectivity index (χ1v) is 11.5. The van der Waals surface area contributed by atoms with Crippen LogP contribution in [0.2, 0.25) is 0 Å². The molecule has 1 saturated heterocycles. The normalized spacial score (nSPS) is 22.6. The highest BCUT2D eigenvalue weighted by Gasteiger charge is 2.45. The van der Waals surface area contributed by atoms with Gasteiger partial charge in [-0.05, 0) is 37.4 Å². The van der Waals surface area contributed by atoms with E-state index in [0.29, 0.717) is 32.2 Å². The lowest BCUT2D eigenvalue weighted by Crippen LogP contribution is -2.52. The molecule has 3 aliphatic rings. The van der Waals surface area contributed by atoms with Crippen LogP contribution in [-0.4, -0.2) is 66.0 Å². The number of carbonyl (C=O) groups is 1. The maximum atomic E-state index is 13.3. The zero-order chi connectivity index (χ0) is 23.2. The molecule has 1 spiro atoms. The average molecular weight is 452 g/mol. The number of methoxy groups -OCH3 is 1. The fraction of sp³-hybridized carbons (Fsp3) is 0.480. The van der Waals surface area contributed by atoms with E-state index in [4.69, 9.17) is 14.7 Å². The van der Waals surface area contributed by atoms with Gasteiger partial charge in [-0.15, -0.1) is 0 Å².